The van der Waals surface area contributed by atoms with Crippen molar-refractivity contribution in [1.29, 1.82) is 0 Å². The second kappa shape index (κ2) is 12.5. The summed E-state index contributed by atoms with van der Waals surface area (Å²) in [5.74, 6) is -0.628. The Bertz CT molecular complexity index is 1600. The number of carbonyl (C=O) groups is 4. The van der Waals surface area contributed by atoms with Crippen LogP contribution >= 0.6 is 0 Å². The molecule has 2 N–H and O–H groups in total. The Kier molecular flexibility index (Phi) is 8.25. The molecule has 0 fully saturated rings. The molecule has 4 aromatic rings. The van der Waals surface area contributed by atoms with E-state index < -0.39 is 24.2 Å². The summed E-state index contributed by atoms with van der Waals surface area (Å²) in [6.07, 6.45) is -1.80. The summed E-state index contributed by atoms with van der Waals surface area (Å²) in [6.45, 7) is -0.307. The van der Waals surface area contributed by atoms with Gasteiger partial charge in [-0.05, 0) is 28.8 Å². The van der Waals surface area contributed by atoms with Gasteiger partial charge < -0.3 is 19.7 Å². The maximum Gasteiger partial charge on any atom is 0.415 e. The zero-order valence-electron chi connectivity index (χ0n) is 21.9. The molecule has 1 atom stereocenters. The average molecular weight is 547 g/mol. The van der Waals surface area contributed by atoms with Gasteiger partial charge in [-0.2, -0.15) is 0 Å². The number of benzodiazepines with no additional fused rings is 1. The van der Waals surface area contributed by atoms with Gasteiger partial charge in [0.05, 0.1) is 17.9 Å². The molecule has 204 valence electrons. The Morgan fingerprint density at radius 2 is 1.49 bits per heavy atom. The van der Waals surface area contributed by atoms with E-state index in [4.69, 9.17) is 4.74 Å². The first-order chi connectivity index (χ1) is 20.0. The first-order valence-electron chi connectivity index (χ1n) is 12.9. The number of urea groups is 1. The predicted octanol–water partition coefficient (Wildman–Crippen LogP) is 4.70. The van der Waals surface area contributed by atoms with E-state index in [2.05, 4.69) is 15.6 Å². The Morgan fingerprint density at radius 1 is 0.829 bits per heavy atom. The summed E-state index contributed by atoms with van der Waals surface area (Å²) in [5.41, 5.74) is 4.99. The molecular weight excluding hydrogens is 520 g/mol. The van der Waals surface area contributed by atoms with E-state index >= 15 is 0 Å². The number of amides is 4. The minimum atomic E-state index is -1.41. The van der Waals surface area contributed by atoms with Crippen LogP contribution in [0.25, 0.3) is 11.1 Å². The number of nitrogens with one attached hydrogen (secondary N) is 2. The molecule has 1 unspecified atom stereocenters. The van der Waals surface area contributed by atoms with Crippen LogP contribution < -0.4 is 15.5 Å². The maximum absolute atomic E-state index is 13.5. The van der Waals surface area contributed by atoms with Gasteiger partial charge in [0.15, 0.2) is 0 Å². The predicted molar refractivity (Wildman–Crippen MR) is 154 cm³/mol. The third kappa shape index (κ3) is 6.36. The molecule has 1 heterocycles. The molecule has 9 heteroatoms. The number of imide groups is 1. The third-order valence-corrected chi connectivity index (χ3v) is 6.40. The fourth-order valence-electron chi connectivity index (χ4n) is 4.52. The summed E-state index contributed by atoms with van der Waals surface area (Å²) in [5, 5.41) is 4.53. The van der Waals surface area contributed by atoms with Crippen molar-refractivity contribution in [2.24, 2.45) is 4.99 Å². The number of carbonyl (C=O) groups excluding carboxylic acids is 4. The van der Waals surface area contributed by atoms with Crippen molar-refractivity contribution < 1.29 is 23.9 Å². The number of hydrogen-bond acceptors (Lipinski definition) is 6. The van der Waals surface area contributed by atoms with E-state index in [1.165, 1.54) is 4.90 Å². The number of anilines is 1. The first kappa shape index (κ1) is 27.0. The monoisotopic (exact) mass is 546 g/mol. The van der Waals surface area contributed by atoms with E-state index in [9.17, 15) is 19.2 Å². The fourth-order valence-corrected chi connectivity index (χ4v) is 4.52. The minimum Gasteiger partial charge on any atom is -0.444 e. The lowest BCUT2D eigenvalue weighted by Crippen LogP contribution is -2.51. The van der Waals surface area contributed by atoms with Crippen LogP contribution in [0.5, 0.6) is 0 Å². The quantitative estimate of drug-likeness (QED) is 0.326. The maximum atomic E-state index is 13.5. The zero-order chi connectivity index (χ0) is 28.6. The molecule has 0 spiro atoms. The molecule has 0 aliphatic carbocycles. The van der Waals surface area contributed by atoms with Gasteiger partial charge in [0.1, 0.15) is 12.9 Å². The van der Waals surface area contributed by atoms with Gasteiger partial charge in [-0.25, -0.2) is 19.9 Å². The standard InChI is InChI=1S/C32H26N4O5/c37-19-18-36-27-17-8-7-16-26(27)28(24-13-5-2-6-14-24)33-29(30(36)38)34-31(39)35-32(40)41-21-22-10-9-15-25(20-22)23-11-3-1-4-12-23/h1-17,19-20,29H,18,21H2,(H2,34,35,39,40). The molecule has 0 saturated carbocycles. The summed E-state index contributed by atoms with van der Waals surface area (Å²) < 4.78 is 5.24. The number of benzene rings is 4. The molecular formula is C32H26N4O5. The van der Waals surface area contributed by atoms with E-state index in [1.54, 1.807) is 24.3 Å². The summed E-state index contributed by atoms with van der Waals surface area (Å²) in [7, 11) is 0. The lowest BCUT2D eigenvalue weighted by Gasteiger charge is -2.23. The SMILES string of the molecule is O=CCN1C(=O)C(NC(=O)NC(=O)OCc2cccc(-c3ccccc3)c2)N=C(c2ccccc2)c2ccccc21. The van der Waals surface area contributed by atoms with Gasteiger partial charge in [-0.15, -0.1) is 0 Å². The van der Waals surface area contributed by atoms with Gasteiger partial charge >= 0.3 is 12.1 Å². The van der Waals surface area contributed by atoms with Crippen molar-refractivity contribution >= 4 is 35.7 Å². The topological polar surface area (TPSA) is 117 Å². The van der Waals surface area contributed by atoms with Crippen LogP contribution in [-0.4, -0.2) is 42.7 Å². The van der Waals surface area contributed by atoms with E-state index in [-0.39, 0.29) is 13.2 Å². The first-order valence-corrected chi connectivity index (χ1v) is 12.9. The van der Waals surface area contributed by atoms with Crippen LogP contribution in [0.15, 0.2) is 114 Å². The number of nitrogens with zero attached hydrogens (tertiary/aromatic N) is 2. The highest BCUT2D eigenvalue weighted by Crippen LogP contribution is 2.28. The van der Waals surface area contributed by atoms with Crippen molar-refractivity contribution in [2.75, 3.05) is 11.4 Å². The molecule has 41 heavy (non-hydrogen) atoms. The number of alkyl carbamates (subject to hydrolysis) is 1. The van der Waals surface area contributed by atoms with Crippen molar-refractivity contribution in [3.05, 3.63) is 126 Å². The fraction of sp³-hybridized carbons (Fsp3) is 0.0938. The molecule has 5 rings (SSSR count). The van der Waals surface area contributed by atoms with Crippen LogP contribution in [0.1, 0.15) is 16.7 Å². The highest BCUT2D eigenvalue weighted by atomic mass is 16.5. The average Bonchev–Trinajstić information content (AvgIpc) is 3.12. The zero-order valence-corrected chi connectivity index (χ0v) is 21.9. The normalized spacial score (nSPS) is 14.2. The van der Waals surface area contributed by atoms with Gasteiger partial charge in [0, 0.05) is 11.1 Å². The number of ether oxygens (including phenoxy) is 1. The molecule has 0 bridgehead atoms. The number of aliphatic imine (C=N–C) groups is 1. The highest BCUT2D eigenvalue weighted by Gasteiger charge is 2.33. The van der Waals surface area contributed by atoms with Crippen LogP contribution in [0, 0.1) is 0 Å². The number of rotatable bonds is 7. The van der Waals surface area contributed by atoms with Crippen LogP contribution in [-0.2, 0) is 20.9 Å². The number of fused-ring (bicyclic) bond motifs is 1. The Morgan fingerprint density at radius 3 is 2.22 bits per heavy atom. The second-order valence-corrected chi connectivity index (χ2v) is 9.12. The molecule has 1 aliphatic rings. The Labute approximate surface area is 236 Å². The molecule has 0 saturated heterocycles. The third-order valence-electron chi connectivity index (χ3n) is 6.40. The van der Waals surface area contributed by atoms with Crippen molar-refractivity contribution in [1.82, 2.24) is 10.6 Å². The van der Waals surface area contributed by atoms with E-state index in [0.29, 0.717) is 28.8 Å². The van der Waals surface area contributed by atoms with Gasteiger partial charge in [-0.3, -0.25) is 4.79 Å². The molecule has 9 nitrogen and oxygen atoms in total. The summed E-state index contributed by atoms with van der Waals surface area (Å²) in [6, 6.07) is 32.5. The van der Waals surface area contributed by atoms with Crippen molar-refractivity contribution in [2.45, 2.75) is 12.8 Å². The minimum absolute atomic E-state index is 0.0686. The lowest BCUT2D eigenvalue weighted by atomic mass is 10.0. The summed E-state index contributed by atoms with van der Waals surface area (Å²) in [4.78, 5) is 56.0. The van der Waals surface area contributed by atoms with Crippen LogP contribution in [0.3, 0.4) is 0 Å². The van der Waals surface area contributed by atoms with Crippen molar-refractivity contribution in [3.8, 4) is 11.1 Å². The van der Waals surface area contributed by atoms with E-state index in [1.807, 2.05) is 84.9 Å². The highest BCUT2D eigenvalue weighted by molar-refractivity contribution is 6.20. The van der Waals surface area contributed by atoms with Gasteiger partial charge in [0.2, 0.25) is 6.17 Å². The molecule has 1 aliphatic heterocycles. The van der Waals surface area contributed by atoms with E-state index in [0.717, 1.165) is 16.7 Å². The smallest absolute Gasteiger partial charge is 0.415 e. The van der Waals surface area contributed by atoms with Gasteiger partial charge in [-0.1, -0.05) is 97.1 Å². The van der Waals surface area contributed by atoms with Crippen molar-refractivity contribution in [3.63, 3.8) is 0 Å². The molecule has 4 aromatic carbocycles. The van der Waals surface area contributed by atoms with Crippen LogP contribution in [0.2, 0.25) is 0 Å². The molecule has 0 aromatic heterocycles. The molecule has 0 radical (unpaired) electrons. The second-order valence-electron chi connectivity index (χ2n) is 9.12. The Balaban J connectivity index is 1.30. The molecule has 4 amide bonds. The number of para-hydroxylation sites is 1. The van der Waals surface area contributed by atoms with Gasteiger partial charge in [0.25, 0.3) is 5.91 Å². The summed E-state index contributed by atoms with van der Waals surface area (Å²) >= 11 is 0. The number of hydrogen-bond donors (Lipinski definition) is 2. The number of aldehydes is 1. The largest absolute Gasteiger partial charge is 0.444 e. The van der Waals surface area contributed by atoms with Crippen LogP contribution in [0.4, 0.5) is 15.3 Å². The lowest BCUT2D eigenvalue weighted by molar-refractivity contribution is -0.121. The Hall–Kier alpha value is -5.57.